The molecule has 148 valence electrons. The van der Waals surface area contributed by atoms with E-state index in [4.69, 9.17) is 4.42 Å². The van der Waals surface area contributed by atoms with Crippen LogP contribution < -0.4 is 4.90 Å². The molecule has 0 radical (unpaired) electrons. The topological polar surface area (TPSA) is 63.2 Å². The molecule has 4 rings (SSSR count). The van der Waals surface area contributed by atoms with Gasteiger partial charge in [-0.15, -0.1) is 5.10 Å². The van der Waals surface area contributed by atoms with Crippen molar-refractivity contribution in [3.05, 3.63) is 60.3 Å². The average molecular weight is 380 g/mol. The molecular weight excluding hydrogens is 352 g/mol. The highest BCUT2D eigenvalue weighted by atomic mass is 16.3. The lowest BCUT2D eigenvalue weighted by Crippen LogP contribution is -2.48. The summed E-state index contributed by atoms with van der Waals surface area (Å²) in [5, 5.41) is 12.6. The number of nitrogens with zero attached hydrogens (tertiary/aromatic N) is 6. The molecule has 28 heavy (non-hydrogen) atoms. The summed E-state index contributed by atoms with van der Waals surface area (Å²) in [5.41, 5.74) is 1.30. The summed E-state index contributed by atoms with van der Waals surface area (Å²) in [5.74, 6) is 2.36. The second-order valence-corrected chi connectivity index (χ2v) is 7.78. The zero-order chi connectivity index (χ0) is 19.3. The molecule has 1 saturated heterocycles. The molecule has 3 heterocycles. The van der Waals surface area contributed by atoms with Gasteiger partial charge in [-0.3, -0.25) is 4.90 Å². The van der Waals surface area contributed by atoms with Gasteiger partial charge in [-0.05, 0) is 47.0 Å². The summed E-state index contributed by atoms with van der Waals surface area (Å²) >= 11 is 0. The maximum absolute atomic E-state index is 5.49. The molecule has 0 unspecified atom stereocenters. The van der Waals surface area contributed by atoms with E-state index in [1.54, 1.807) is 6.26 Å². The first-order chi connectivity index (χ1) is 13.7. The van der Waals surface area contributed by atoms with Gasteiger partial charge in [-0.1, -0.05) is 32.0 Å². The number of hydrogen-bond acceptors (Lipinski definition) is 6. The molecule has 1 aliphatic heterocycles. The smallest absolute Gasteiger partial charge is 0.168 e. The van der Waals surface area contributed by atoms with Crippen molar-refractivity contribution in [1.29, 1.82) is 0 Å². The van der Waals surface area contributed by atoms with Crippen molar-refractivity contribution >= 4 is 5.69 Å². The molecule has 0 aliphatic carbocycles. The van der Waals surface area contributed by atoms with Crippen molar-refractivity contribution in [3.63, 3.8) is 0 Å². The first-order valence-corrected chi connectivity index (χ1v) is 10.0. The van der Waals surface area contributed by atoms with Gasteiger partial charge in [0.15, 0.2) is 5.82 Å². The molecule has 0 amide bonds. The third-order valence-corrected chi connectivity index (χ3v) is 5.31. The van der Waals surface area contributed by atoms with Gasteiger partial charge in [-0.2, -0.15) is 0 Å². The summed E-state index contributed by atoms with van der Waals surface area (Å²) in [6, 6.07) is 14.7. The standard InChI is InChI=1S/C21H28N6O/c1-17(2)15-20(21-22-23-24-27(21)16-19-9-6-14-28-19)26-12-10-25(11-13-26)18-7-4-3-5-8-18/h3-9,14,17,20H,10-13,15-16H2,1-2H3/t20-/m1/s1. The largest absolute Gasteiger partial charge is 0.467 e. The number of aromatic nitrogens is 4. The fourth-order valence-electron chi connectivity index (χ4n) is 3.91. The van der Waals surface area contributed by atoms with E-state index in [2.05, 4.69) is 69.5 Å². The Labute approximate surface area is 165 Å². The number of rotatable bonds is 7. The summed E-state index contributed by atoms with van der Waals surface area (Å²) in [4.78, 5) is 4.98. The molecule has 1 fully saturated rings. The second-order valence-electron chi connectivity index (χ2n) is 7.78. The summed E-state index contributed by atoms with van der Waals surface area (Å²) in [6.07, 6.45) is 2.72. The monoisotopic (exact) mass is 380 g/mol. The molecule has 2 aromatic heterocycles. The number of hydrogen-bond donors (Lipinski definition) is 0. The lowest BCUT2D eigenvalue weighted by molar-refractivity contribution is 0.153. The Bertz CT molecular complexity index is 837. The van der Waals surface area contributed by atoms with Crippen LogP contribution in [-0.4, -0.2) is 51.3 Å². The van der Waals surface area contributed by atoms with E-state index in [-0.39, 0.29) is 6.04 Å². The molecule has 1 aliphatic rings. The van der Waals surface area contributed by atoms with Gasteiger partial charge in [0, 0.05) is 31.9 Å². The molecule has 3 aromatic rings. The summed E-state index contributed by atoms with van der Waals surface area (Å²) in [7, 11) is 0. The normalized spacial score (nSPS) is 16.6. The van der Waals surface area contributed by atoms with Crippen LogP contribution in [0.25, 0.3) is 0 Å². The van der Waals surface area contributed by atoms with Crippen LogP contribution in [0, 0.1) is 5.92 Å². The van der Waals surface area contributed by atoms with Crippen LogP contribution >= 0.6 is 0 Å². The third kappa shape index (κ3) is 4.25. The molecule has 7 heteroatoms. The quantitative estimate of drug-likeness (QED) is 0.627. The number of furan rings is 1. The van der Waals surface area contributed by atoms with Gasteiger partial charge in [0.2, 0.25) is 0 Å². The van der Waals surface area contributed by atoms with Crippen LogP contribution in [-0.2, 0) is 6.54 Å². The van der Waals surface area contributed by atoms with Crippen LogP contribution in [0.15, 0.2) is 53.1 Å². The molecule has 0 saturated carbocycles. The van der Waals surface area contributed by atoms with E-state index in [0.29, 0.717) is 12.5 Å². The molecule has 1 aromatic carbocycles. The fraction of sp³-hybridized carbons (Fsp3) is 0.476. The highest BCUT2D eigenvalue weighted by molar-refractivity contribution is 5.46. The van der Waals surface area contributed by atoms with Crippen molar-refractivity contribution in [2.24, 2.45) is 5.92 Å². The zero-order valence-corrected chi connectivity index (χ0v) is 16.6. The Morgan fingerprint density at radius 2 is 1.79 bits per heavy atom. The fourth-order valence-corrected chi connectivity index (χ4v) is 3.91. The predicted octanol–water partition coefficient (Wildman–Crippen LogP) is 3.22. The van der Waals surface area contributed by atoms with Gasteiger partial charge in [0.1, 0.15) is 12.3 Å². The molecule has 0 spiro atoms. The lowest BCUT2D eigenvalue weighted by Gasteiger charge is -2.40. The van der Waals surface area contributed by atoms with Gasteiger partial charge < -0.3 is 9.32 Å². The molecular formula is C21H28N6O. The molecule has 0 bridgehead atoms. The van der Waals surface area contributed by atoms with Crippen LogP contribution in [0.5, 0.6) is 0 Å². The highest BCUT2D eigenvalue weighted by Crippen LogP contribution is 2.28. The minimum absolute atomic E-state index is 0.211. The zero-order valence-electron chi connectivity index (χ0n) is 16.6. The molecule has 7 nitrogen and oxygen atoms in total. The minimum Gasteiger partial charge on any atom is -0.467 e. The number of piperazine rings is 1. The van der Waals surface area contributed by atoms with Crippen molar-refractivity contribution < 1.29 is 4.42 Å². The van der Waals surface area contributed by atoms with Gasteiger partial charge in [0.05, 0.1) is 12.3 Å². The van der Waals surface area contributed by atoms with Gasteiger partial charge in [-0.25, -0.2) is 4.68 Å². The van der Waals surface area contributed by atoms with Gasteiger partial charge in [0.25, 0.3) is 0 Å². The van der Waals surface area contributed by atoms with E-state index in [1.807, 2.05) is 16.8 Å². The van der Waals surface area contributed by atoms with Crippen LogP contribution in [0.4, 0.5) is 5.69 Å². The van der Waals surface area contributed by atoms with E-state index in [9.17, 15) is 0 Å². The molecule has 1 atom stereocenters. The Kier molecular flexibility index (Phi) is 5.71. The number of tetrazole rings is 1. The van der Waals surface area contributed by atoms with Crippen molar-refractivity contribution in [2.75, 3.05) is 31.1 Å². The van der Waals surface area contributed by atoms with E-state index in [0.717, 1.165) is 44.2 Å². The first kappa shape index (κ1) is 18.7. The SMILES string of the molecule is CC(C)C[C@H](c1nnnn1Cc1ccco1)N1CCN(c2ccccc2)CC1. The Morgan fingerprint density at radius 3 is 2.46 bits per heavy atom. The highest BCUT2D eigenvalue weighted by Gasteiger charge is 2.30. The summed E-state index contributed by atoms with van der Waals surface area (Å²) < 4.78 is 7.38. The van der Waals surface area contributed by atoms with Crippen LogP contribution in [0.2, 0.25) is 0 Å². The van der Waals surface area contributed by atoms with E-state index in [1.165, 1.54) is 5.69 Å². The van der Waals surface area contributed by atoms with Crippen LogP contribution in [0.3, 0.4) is 0 Å². The maximum atomic E-state index is 5.49. The number of anilines is 1. The second kappa shape index (κ2) is 8.56. The third-order valence-electron chi connectivity index (χ3n) is 5.31. The van der Waals surface area contributed by atoms with E-state index < -0.39 is 0 Å². The first-order valence-electron chi connectivity index (χ1n) is 10.0. The number of para-hydroxylation sites is 1. The summed E-state index contributed by atoms with van der Waals surface area (Å²) in [6.45, 7) is 9.10. The number of benzene rings is 1. The Morgan fingerprint density at radius 1 is 1.00 bits per heavy atom. The molecule has 0 N–H and O–H groups in total. The van der Waals surface area contributed by atoms with Gasteiger partial charge >= 0.3 is 0 Å². The Balaban J connectivity index is 1.49. The van der Waals surface area contributed by atoms with Crippen molar-refractivity contribution in [1.82, 2.24) is 25.1 Å². The lowest BCUT2D eigenvalue weighted by atomic mass is 10.0. The van der Waals surface area contributed by atoms with E-state index >= 15 is 0 Å². The minimum atomic E-state index is 0.211. The predicted molar refractivity (Wildman–Crippen MR) is 108 cm³/mol. The van der Waals surface area contributed by atoms with Crippen LogP contribution in [0.1, 0.15) is 37.9 Å². The van der Waals surface area contributed by atoms with Crippen molar-refractivity contribution in [3.8, 4) is 0 Å². The van der Waals surface area contributed by atoms with Crippen molar-refractivity contribution in [2.45, 2.75) is 32.9 Å². The maximum Gasteiger partial charge on any atom is 0.168 e. The Hall–Kier alpha value is -2.67. The average Bonchev–Trinajstić information content (AvgIpc) is 3.39.